The Hall–Kier alpha value is -2.09. The summed E-state index contributed by atoms with van der Waals surface area (Å²) in [5.74, 6) is -0.369. The van der Waals surface area contributed by atoms with Gasteiger partial charge in [0.15, 0.2) is 0 Å². The molecule has 0 saturated heterocycles. The summed E-state index contributed by atoms with van der Waals surface area (Å²) in [4.78, 5) is 14.5. The van der Waals surface area contributed by atoms with Crippen LogP contribution < -0.4 is 9.62 Å². The van der Waals surface area contributed by atoms with E-state index in [0.29, 0.717) is 29.4 Å². The van der Waals surface area contributed by atoms with Crippen molar-refractivity contribution in [2.75, 3.05) is 38.0 Å². The highest BCUT2D eigenvalue weighted by Gasteiger charge is 2.28. The fraction of sp³-hybridized carbons (Fsp3) is 0.350. The second-order valence-electron chi connectivity index (χ2n) is 6.91. The van der Waals surface area contributed by atoms with Gasteiger partial charge in [0.2, 0.25) is 5.91 Å². The van der Waals surface area contributed by atoms with Gasteiger partial charge in [0.25, 0.3) is 10.0 Å². The monoisotopic (exact) mass is 423 g/mol. The van der Waals surface area contributed by atoms with Gasteiger partial charge in [-0.2, -0.15) is 0 Å². The molecule has 2 aromatic carbocycles. The van der Waals surface area contributed by atoms with Crippen molar-refractivity contribution in [1.82, 2.24) is 10.2 Å². The number of anilines is 1. The van der Waals surface area contributed by atoms with Gasteiger partial charge in [-0.05, 0) is 63.8 Å². The van der Waals surface area contributed by atoms with Gasteiger partial charge in [0.1, 0.15) is 6.54 Å². The topological polar surface area (TPSA) is 69.7 Å². The number of rotatable bonds is 8. The molecule has 1 amide bonds. The second-order valence-corrected chi connectivity index (χ2v) is 9.21. The van der Waals surface area contributed by atoms with Crippen LogP contribution in [0, 0.1) is 13.8 Å². The van der Waals surface area contributed by atoms with Crippen LogP contribution in [0.25, 0.3) is 0 Å². The molecule has 28 heavy (non-hydrogen) atoms. The summed E-state index contributed by atoms with van der Waals surface area (Å²) in [6.45, 7) is 4.44. The van der Waals surface area contributed by atoms with Crippen molar-refractivity contribution in [3.05, 3.63) is 58.6 Å². The molecule has 0 atom stereocenters. The number of nitrogens with zero attached hydrogens (tertiary/aromatic N) is 2. The predicted molar refractivity (Wildman–Crippen MR) is 113 cm³/mol. The number of carbonyl (C=O) groups is 1. The van der Waals surface area contributed by atoms with E-state index in [-0.39, 0.29) is 17.3 Å². The number of nitrogens with one attached hydrogen (secondary N) is 1. The number of likely N-dealkylation sites (N-methyl/N-ethyl adjacent to an activating group) is 1. The third kappa shape index (κ3) is 5.70. The highest BCUT2D eigenvalue weighted by atomic mass is 35.5. The van der Waals surface area contributed by atoms with Gasteiger partial charge in [-0.15, -0.1) is 0 Å². The van der Waals surface area contributed by atoms with Gasteiger partial charge in [-0.25, -0.2) is 8.42 Å². The number of amides is 1. The molecule has 0 aliphatic heterocycles. The molecule has 0 saturated carbocycles. The zero-order valence-electron chi connectivity index (χ0n) is 16.6. The Morgan fingerprint density at radius 1 is 1.07 bits per heavy atom. The number of sulfonamides is 1. The predicted octanol–water partition coefficient (Wildman–Crippen LogP) is 2.83. The Bertz CT molecular complexity index is 928. The first kappa shape index (κ1) is 22.2. The Kier molecular flexibility index (Phi) is 7.46. The lowest BCUT2D eigenvalue weighted by molar-refractivity contribution is -0.119. The average molecular weight is 424 g/mol. The molecule has 0 spiro atoms. The van der Waals surface area contributed by atoms with Crippen molar-refractivity contribution in [2.45, 2.75) is 18.7 Å². The van der Waals surface area contributed by atoms with E-state index in [4.69, 9.17) is 11.6 Å². The maximum Gasteiger partial charge on any atom is 0.264 e. The van der Waals surface area contributed by atoms with Gasteiger partial charge in [-0.1, -0.05) is 29.3 Å². The summed E-state index contributed by atoms with van der Waals surface area (Å²) in [7, 11) is -0.123. The third-order valence-electron chi connectivity index (χ3n) is 4.20. The SMILES string of the molecule is Cc1ccc(S(=O)(=O)N(CC(=O)NCCN(C)C)c2ccc(Cl)cc2C)cc1. The molecule has 0 aliphatic rings. The molecule has 0 bridgehead atoms. The molecule has 6 nitrogen and oxygen atoms in total. The molecule has 0 fully saturated rings. The normalized spacial score (nSPS) is 11.5. The molecule has 0 aromatic heterocycles. The highest BCUT2D eigenvalue weighted by Crippen LogP contribution is 2.28. The highest BCUT2D eigenvalue weighted by molar-refractivity contribution is 7.92. The van der Waals surface area contributed by atoms with Crippen LogP contribution in [0.3, 0.4) is 0 Å². The minimum atomic E-state index is -3.92. The van der Waals surface area contributed by atoms with E-state index in [2.05, 4.69) is 5.32 Å². The molecule has 0 radical (unpaired) electrons. The lowest BCUT2D eigenvalue weighted by atomic mass is 10.2. The number of carbonyl (C=O) groups excluding carboxylic acids is 1. The Labute approximate surface area is 172 Å². The van der Waals surface area contributed by atoms with Crippen LogP contribution in [0.4, 0.5) is 5.69 Å². The van der Waals surface area contributed by atoms with E-state index in [1.165, 1.54) is 0 Å². The minimum Gasteiger partial charge on any atom is -0.353 e. The molecule has 152 valence electrons. The third-order valence-corrected chi connectivity index (χ3v) is 6.21. The molecule has 2 aromatic rings. The minimum absolute atomic E-state index is 0.133. The molecular formula is C20H26ClN3O3S. The van der Waals surface area contributed by atoms with Crippen LogP contribution in [-0.2, 0) is 14.8 Å². The lowest BCUT2D eigenvalue weighted by Crippen LogP contribution is -2.42. The zero-order valence-corrected chi connectivity index (χ0v) is 18.1. The van der Waals surface area contributed by atoms with E-state index in [0.717, 1.165) is 9.87 Å². The molecule has 8 heteroatoms. The van der Waals surface area contributed by atoms with Crippen LogP contribution in [0.15, 0.2) is 47.4 Å². The number of aryl methyl sites for hydroxylation is 2. The summed E-state index contributed by atoms with van der Waals surface area (Å²) < 4.78 is 27.7. The summed E-state index contributed by atoms with van der Waals surface area (Å²) >= 11 is 6.02. The number of hydrogen-bond acceptors (Lipinski definition) is 4. The van der Waals surface area contributed by atoms with Crippen LogP contribution in [0.5, 0.6) is 0 Å². The Balaban J connectivity index is 2.38. The van der Waals surface area contributed by atoms with Crippen molar-refractivity contribution in [1.29, 1.82) is 0 Å². The van der Waals surface area contributed by atoms with Crippen LogP contribution in [-0.4, -0.2) is 53.0 Å². The summed E-state index contributed by atoms with van der Waals surface area (Å²) in [6.07, 6.45) is 0. The molecular weight excluding hydrogens is 398 g/mol. The van der Waals surface area contributed by atoms with Crippen LogP contribution >= 0.6 is 11.6 Å². The van der Waals surface area contributed by atoms with E-state index in [1.54, 1.807) is 49.4 Å². The van der Waals surface area contributed by atoms with Gasteiger partial charge in [0, 0.05) is 18.1 Å². The molecule has 0 heterocycles. The van der Waals surface area contributed by atoms with Gasteiger partial charge < -0.3 is 10.2 Å². The fourth-order valence-electron chi connectivity index (χ4n) is 2.64. The van der Waals surface area contributed by atoms with Crippen LogP contribution in [0.1, 0.15) is 11.1 Å². The van der Waals surface area contributed by atoms with Gasteiger partial charge in [-0.3, -0.25) is 9.10 Å². The standard InChI is InChI=1S/C20H26ClN3O3S/c1-15-5-8-18(9-6-15)28(26,27)24(14-20(25)22-11-12-23(3)4)19-10-7-17(21)13-16(19)2/h5-10,13H,11-12,14H2,1-4H3,(H,22,25). The van der Waals surface area contributed by atoms with E-state index in [9.17, 15) is 13.2 Å². The smallest absolute Gasteiger partial charge is 0.264 e. The zero-order chi connectivity index (χ0) is 20.9. The quantitative estimate of drug-likeness (QED) is 0.708. The van der Waals surface area contributed by atoms with E-state index < -0.39 is 10.0 Å². The first-order valence-corrected chi connectivity index (χ1v) is 10.7. The first-order chi connectivity index (χ1) is 13.1. The van der Waals surface area contributed by atoms with E-state index in [1.807, 2.05) is 25.9 Å². The lowest BCUT2D eigenvalue weighted by Gasteiger charge is -2.26. The summed E-state index contributed by atoms with van der Waals surface area (Å²) in [6, 6.07) is 11.5. The number of benzene rings is 2. The maximum absolute atomic E-state index is 13.3. The second kappa shape index (κ2) is 9.41. The van der Waals surface area contributed by atoms with E-state index >= 15 is 0 Å². The average Bonchev–Trinajstić information content (AvgIpc) is 2.60. The van der Waals surface area contributed by atoms with Crippen molar-refractivity contribution < 1.29 is 13.2 Å². The molecule has 0 unspecified atom stereocenters. The van der Waals surface area contributed by atoms with Crippen molar-refractivity contribution in [2.24, 2.45) is 0 Å². The van der Waals surface area contributed by atoms with Crippen molar-refractivity contribution in [3.63, 3.8) is 0 Å². The molecule has 1 N–H and O–H groups in total. The van der Waals surface area contributed by atoms with Crippen molar-refractivity contribution >= 4 is 33.2 Å². The first-order valence-electron chi connectivity index (χ1n) is 8.88. The van der Waals surface area contributed by atoms with Gasteiger partial charge >= 0.3 is 0 Å². The largest absolute Gasteiger partial charge is 0.353 e. The van der Waals surface area contributed by atoms with Crippen LogP contribution in [0.2, 0.25) is 5.02 Å². The fourth-order valence-corrected chi connectivity index (χ4v) is 4.35. The molecule has 0 aliphatic carbocycles. The number of halogens is 1. The molecule has 2 rings (SSSR count). The Morgan fingerprint density at radius 2 is 1.71 bits per heavy atom. The van der Waals surface area contributed by atoms with Gasteiger partial charge in [0.05, 0.1) is 10.6 Å². The Morgan fingerprint density at radius 3 is 2.29 bits per heavy atom. The summed E-state index contributed by atoms with van der Waals surface area (Å²) in [5.41, 5.74) is 2.05. The maximum atomic E-state index is 13.3. The number of hydrogen-bond donors (Lipinski definition) is 1. The summed E-state index contributed by atoms with van der Waals surface area (Å²) in [5, 5.41) is 3.27. The van der Waals surface area contributed by atoms with Crippen molar-refractivity contribution in [3.8, 4) is 0 Å².